The molecular formula is C27H40. The molecule has 0 aliphatic heterocycles. The van der Waals surface area contributed by atoms with Crippen LogP contribution in [0.25, 0.3) is 0 Å². The van der Waals surface area contributed by atoms with Gasteiger partial charge in [0, 0.05) is 0 Å². The SMILES string of the molecule is CCC(CC)c1ccc(CCCCCCCCCCc2ccccc2)cc1. The van der Waals surface area contributed by atoms with E-state index in [9.17, 15) is 0 Å². The number of unbranched alkanes of at least 4 members (excludes halogenated alkanes) is 7. The number of benzene rings is 2. The molecule has 0 amide bonds. The van der Waals surface area contributed by atoms with E-state index in [0.29, 0.717) is 0 Å². The molecule has 0 aliphatic carbocycles. The molecule has 2 aromatic carbocycles. The number of hydrogen-bond acceptors (Lipinski definition) is 0. The molecule has 0 heterocycles. The molecule has 2 rings (SSSR count). The fourth-order valence-electron chi connectivity index (χ4n) is 4.08. The van der Waals surface area contributed by atoms with Gasteiger partial charge >= 0.3 is 0 Å². The third-order valence-electron chi connectivity index (χ3n) is 5.96. The Morgan fingerprint density at radius 3 is 1.44 bits per heavy atom. The van der Waals surface area contributed by atoms with E-state index in [1.54, 1.807) is 0 Å². The highest BCUT2D eigenvalue weighted by atomic mass is 14.1. The normalized spacial score (nSPS) is 11.2. The second kappa shape index (κ2) is 13.6. The molecule has 27 heavy (non-hydrogen) atoms. The molecule has 0 saturated heterocycles. The van der Waals surface area contributed by atoms with Gasteiger partial charge in [0.25, 0.3) is 0 Å². The molecular weight excluding hydrogens is 324 g/mol. The average Bonchev–Trinajstić information content (AvgIpc) is 2.72. The average molecular weight is 365 g/mol. The van der Waals surface area contributed by atoms with Crippen LogP contribution in [0.1, 0.15) is 101 Å². The van der Waals surface area contributed by atoms with Crippen molar-refractivity contribution >= 4 is 0 Å². The van der Waals surface area contributed by atoms with E-state index >= 15 is 0 Å². The molecule has 0 bridgehead atoms. The maximum Gasteiger partial charge on any atom is -0.0167 e. The molecule has 2 aromatic rings. The van der Waals surface area contributed by atoms with Gasteiger partial charge in [-0.3, -0.25) is 0 Å². The predicted octanol–water partition coefficient (Wildman–Crippen LogP) is 8.50. The van der Waals surface area contributed by atoms with Gasteiger partial charge in [0.05, 0.1) is 0 Å². The zero-order valence-electron chi connectivity index (χ0n) is 17.8. The molecule has 0 aliphatic rings. The van der Waals surface area contributed by atoms with E-state index < -0.39 is 0 Å². The highest BCUT2D eigenvalue weighted by Crippen LogP contribution is 2.23. The molecule has 0 heteroatoms. The van der Waals surface area contributed by atoms with Gasteiger partial charge in [-0.1, -0.05) is 107 Å². The molecule has 0 radical (unpaired) electrons. The van der Waals surface area contributed by atoms with Gasteiger partial charge in [-0.15, -0.1) is 0 Å². The minimum atomic E-state index is 0.742. The Morgan fingerprint density at radius 1 is 0.519 bits per heavy atom. The zero-order valence-corrected chi connectivity index (χ0v) is 17.8. The fourth-order valence-corrected chi connectivity index (χ4v) is 4.08. The lowest BCUT2D eigenvalue weighted by Gasteiger charge is -2.13. The molecule has 0 unspecified atom stereocenters. The van der Waals surface area contributed by atoms with Gasteiger partial charge in [0.2, 0.25) is 0 Å². The van der Waals surface area contributed by atoms with Crippen molar-refractivity contribution in [2.45, 2.75) is 96.8 Å². The maximum atomic E-state index is 2.36. The van der Waals surface area contributed by atoms with Crippen molar-refractivity contribution in [3.05, 3.63) is 71.3 Å². The van der Waals surface area contributed by atoms with Crippen LogP contribution >= 0.6 is 0 Å². The first kappa shape index (κ1) is 21.7. The number of rotatable bonds is 14. The summed E-state index contributed by atoms with van der Waals surface area (Å²) in [6, 6.07) is 20.4. The Bertz CT molecular complexity index is 577. The van der Waals surface area contributed by atoms with E-state index in [1.807, 2.05) is 0 Å². The summed E-state index contributed by atoms with van der Waals surface area (Å²) in [6.45, 7) is 4.59. The molecule has 0 aromatic heterocycles. The van der Waals surface area contributed by atoms with Crippen molar-refractivity contribution in [2.75, 3.05) is 0 Å². The third kappa shape index (κ3) is 8.78. The Morgan fingerprint density at radius 2 is 0.963 bits per heavy atom. The quantitative estimate of drug-likeness (QED) is 0.295. The Hall–Kier alpha value is -1.56. The van der Waals surface area contributed by atoms with Crippen LogP contribution in [-0.2, 0) is 12.8 Å². The second-order valence-corrected chi connectivity index (χ2v) is 8.07. The van der Waals surface area contributed by atoms with Gasteiger partial charge in [-0.2, -0.15) is 0 Å². The largest absolute Gasteiger partial charge is 0.0648 e. The minimum Gasteiger partial charge on any atom is -0.0648 e. The molecule has 0 nitrogen and oxygen atoms in total. The minimum absolute atomic E-state index is 0.742. The van der Waals surface area contributed by atoms with Crippen LogP contribution in [0.2, 0.25) is 0 Å². The van der Waals surface area contributed by atoms with E-state index in [0.717, 1.165) is 5.92 Å². The molecule has 0 spiro atoms. The first-order chi connectivity index (χ1) is 13.3. The number of aryl methyl sites for hydroxylation is 2. The first-order valence-electron chi connectivity index (χ1n) is 11.5. The van der Waals surface area contributed by atoms with Crippen molar-refractivity contribution in [1.29, 1.82) is 0 Å². The topological polar surface area (TPSA) is 0 Å². The summed E-state index contributed by atoms with van der Waals surface area (Å²) in [4.78, 5) is 0. The lowest BCUT2D eigenvalue weighted by Crippen LogP contribution is -1.95. The smallest absolute Gasteiger partial charge is 0.0167 e. The van der Waals surface area contributed by atoms with Crippen molar-refractivity contribution < 1.29 is 0 Å². The number of hydrogen-bond donors (Lipinski definition) is 0. The highest BCUT2D eigenvalue weighted by Gasteiger charge is 2.06. The summed E-state index contributed by atoms with van der Waals surface area (Å²) in [5.41, 5.74) is 4.53. The Balaban J connectivity index is 1.45. The lowest BCUT2D eigenvalue weighted by molar-refractivity contribution is 0.567. The molecule has 0 fully saturated rings. The van der Waals surface area contributed by atoms with Crippen molar-refractivity contribution in [2.24, 2.45) is 0 Å². The van der Waals surface area contributed by atoms with Crippen LogP contribution < -0.4 is 0 Å². The van der Waals surface area contributed by atoms with Crippen molar-refractivity contribution in [1.82, 2.24) is 0 Å². The fraction of sp³-hybridized carbons (Fsp3) is 0.556. The van der Waals surface area contributed by atoms with E-state index in [2.05, 4.69) is 68.4 Å². The van der Waals surface area contributed by atoms with Crippen LogP contribution in [0.4, 0.5) is 0 Å². The highest BCUT2D eigenvalue weighted by molar-refractivity contribution is 5.25. The summed E-state index contributed by atoms with van der Waals surface area (Å²) in [5.74, 6) is 0.742. The molecule has 0 saturated carbocycles. The second-order valence-electron chi connectivity index (χ2n) is 8.07. The van der Waals surface area contributed by atoms with Gasteiger partial charge in [0.1, 0.15) is 0 Å². The monoisotopic (exact) mass is 364 g/mol. The molecule has 148 valence electrons. The van der Waals surface area contributed by atoms with Gasteiger partial charge in [-0.25, -0.2) is 0 Å². The summed E-state index contributed by atoms with van der Waals surface area (Å²) in [5, 5.41) is 0. The predicted molar refractivity (Wildman–Crippen MR) is 121 cm³/mol. The van der Waals surface area contributed by atoms with Gasteiger partial charge < -0.3 is 0 Å². The lowest BCUT2D eigenvalue weighted by atomic mass is 9.92. The van der Waals surface area contributed by atoms with Crippen LogP contribution in [0, 0.1) is 0 Å². The van der Waals surface area contributed by atoms with E-state index in [4.69, 9.17) is 0 Å². The van der Waals surface area contributed by atoms with Gasteiger partial charge in [0.15, 0.2) is 0 Å². The van der Waals surface area contributed by atoms with E-state index in [1.165, 1.54) is 93.7 Å². The Labute approximate surface area is 168 Å². The summed E-state index contributed by atoms with van der Waals surface area (Å²) in [6.07, 6.45) is 16.1. The first-order valence-corrected chi connectivity index (χ1v) is 11.5. The molecule has 0 N–H and O–H groups in total. The zero-order chi connectivity index (χ0) is 19.2. The van der Waals surface area contributed by atoms with Crippen LogP contribution in [-0.4, -0.2) is 0 Å². The van der Waals surface area contributed by atoms with Crippen LogP contribution in [0.3, 0.4) is 0 Å². The van der Waals surface area contributed by atoms with Crippen molar-refractivity contribution in [3.63, 3.8) is 0 Å². The van der Waals surface area contributed by atoms with Crippen molar-refractivity contribution in [3.8, 4) is 0 Å². The third-order valence-corrected chi connectivity index (χ3v) is 5.96. The standard InChI is InChI=1S/C27H40/c1-3-26(4-2)27-22-20-25(21-23-27)19-13-10-8-6-5-7-9-12-16-24-17-14-11-15-18-24/h11,14-15,17-18,20-23,26H,3-10,12-13,16,19H2,1-2H3. The summed E-state index contributed by atoms with van der Waals surface area (Å²) >= 11 is 0. The maximum absolute atomic E-state index is 2.36. The summed E-state index contributed by atoms with van der Waals surface area (Å²) in [7, 11) is 0. The van der Waals surface area contributed by atoms with E-state index in [-0.39, 0.29) is 0 Å². The van der Waals surface area contributed by atoms with Crippen LogP contribution in [0.5, 0.6) is 0 Å². The summed E-state index contributed by atoms with van der Waals surface area (Å²) < 4.78 is 0. The van der Waals surface area contributed by atoms with Crippen LogP contribution in [0.15, 0.2) is 54.6 Å². The Kier molecular flexibility index (Phi) is 10.9. The molecule has 0 atom stereocenters. The van der Waals surface area contributed by atoms with Gasteiger partial charge in [-0.05, 0) is 61.1 Å².